The second kappa shape index (κ2) is 7.28. The SMILES string of the molecule is Cc1sc2ncn(/N=C\c3ccc([O-])c([N+](=O)[O-])c3)c(=O)c2c1-c1ccccc1. The molecule has 0 aliphatic heterocycles. The molecule has 8 nitrogen and oxygen atoms in total. The summed E-state index contributed by atoms with van der Waals surface area (Å²) >= 11 is 1.43. The van der Waals surface area contributed by atoms with Gasteiger partial charge in [0.2, 0.25) is 0 Å². The van der Waals surface area contributed by atoms with Gasteiger partial charge in [-0.3, -0.25) is 14.9 Å². The van der Waals surface area contributed by atoms with Gasteiger partial charge in [-0.25, -0.2) is 4.98 Å². The van der Waals surface area contributed by atoms with Crippen molar-refractivity contribution in [3.63, 3.8) is 0 Å². The lowest BCUT2D eigenvalue weighted by molar-refractivity contribution is -0.398. The lowest BCUT2D eigenvalue weighted by Crippen LogP contribution is -2.16. The van der Waals surface area contributed by atoms with E-state index in [1.54, 1.807) is 0 Å². The maximum absolute atomic E-state index is 13.0. The Bertz CT molecular complexity index is 1330. The first-order valence-electron chi connectivity index (χ1n) is 8.51. The highest BCUT2D eigenvalue weighted by atomic mass is 32.1. The first-order valence-corrected chi connectivity index (χ1v) is 9.33. The average Bonchev–Trinajstić information content (AvgIpc) is 3.05. The molecular formula is C20H13N4O4S-. The van der Waals surface area contributed by atoms with Crippen molar-refractivity contribution in [1.29, 1.82) is 0 Å². The largest absolute Gasteiger partial charge is 0.868 e. The van der Waals surface area contributed by atoms with Gasteiger partial charge in [0, 0.05) is 22.1 Å². The molecule has 9 heteroatoms. The first-order chi connectivity index (χ1) is 14.0. The highest BCUT2D eigenvalue weighted by Crippen LogP contribution is 2.35. The van der Waals surface area contributed by atoms with E-state index in [1.165, 1.54) is 29.9 Å². The Hall–Kier alpha value is -3.85. The van der Waals surface area contributed by atoms with Crippen molar-refractivity contribution in [1.82, 2.24) is 9.66 Å². The van der Waals surface area contributed by atoms with Crippen LogP contribution in [-0.2, 0) is 0 Å². The zero-order valence-electron chi connectivity index (χ0n) is 15.1. The third kappa shape index (κ3) is 3.39. The Morgan fingerprint density at radius 2 is 1.97 bits per heavy atom. The number of hydrogen-bond acceptors (Lipinski definition) is 7. The van der Waals surface area contributed by atoms with Gasteiger partial charge in [0.25, 0.3) is 11.2 Å². The number of fused-ring (bicyclic) bond motifs is 1. The zero-order valence-corrected chi connectivity index (χ0v) is 15.9. The molecule has 0 saturated heterocycles. The van der Waals surface area contributed by atoms with E-state index in [0.717, 1.165) is 32.8 Å². The van der Waals surface area contributed by atoms with Crippen LogP contribution in [0.3, 0.4) is 0 Å². The third-order valence-electron chi connectivity index (χ3n) is 4.35. The molecule has 0 aliphatic carbocycles. The van der Waals surface area contributed by atoms with Gasteiger partial charge >= 0.3 is 0 Å². The van der Waals surface area contributed by atoms with Gasteiger partial charge in [-0.1, -0.05) is 42.5 Å². The molecular weight excluding hydrogens is 392 g/mol. The van der Waals surface area contributed by atoms with Crippen LogP contribution in [0.15, 0.2) is 64.8 Å². The predicted octanol–water partition coefficient (Wildman–Crippen LogP) is 3.30. The highest BCUT2D eigenvalue weighted by Gasteiger charge is 2.16. The number of hydrogen-bond donors (Lipinski definition) is 0. The molecule has 2 aromatic heterocycles. The summed E-state index contributed by atoms with van der Waals surface area (Å²) in [6, 6.07) is 13.2. The summed E-state index contributed by atoms with van der Waals surface area (Å²) in [5.74, 6) is -0.686. The molecule has 0 spiro atoms. The van der Waals surface area contributed by atoms with Crippen LogP contribution in [0.25, 0.3) is 21.3 Å². The van der Waals surface area contributed by atoms with Crippen LogP contribution in [0.4, 0.5) is 5.69 Å². The summed E-state index contributed by atoms with van der Waals surface area (Å²) < 4.78 is 1.08. The van der Waals surface area contributed by atoms with Gasteiger partial charge < -0.3 is 5.11 Å². The van der Waals surface area contributed by atoms with E-state index in [-0.39, 0.29) is 5.56 Å². The monoisotopic (exact) mass is 405 g/mol. The van der Waals surface area contributed by atoms with Crippen molar-refractivity contribution in [2.75, 3.05) is 0 Å². The van der Waals surface area contributed by atoms with Gasteiger partial charge in [0.15, 0.2) is 0 Å². The Balaban J connectivity index is 1.81. The van der Waals surface area contributed by atoms with Gasteiger partial charge in [-0.15, -0.1) is 11.3 Å². The maximum Gasteiger partial charge on any atom is 0.283 e. The molecule has 29 heavy (non-hydrogen) atoms. The van der Waals surface area contributed by atoms with Gasteiger partial charge in [0.1, 0.15) is 11.2 Å². The van der Waals surface area contributed by atoms with Crippen molar-refractivity contribution < 1.29 is 10.0 Å². The number of aryl methyl sites for hydroxylation is 1. The lowest BCUT2D eigenvalue weighted by Gasteiger charge is -2.06. The summed E-state index contributed by atoms with van der Waals surface area (Å²) in [7, 11) is 0. The molecule has 0 N–H and O–H groups in total. The van der Waals surface area contributed by atoms with E-state index in [0.29, 0.717) is 15.8 Å². The summed E-state index contributed by atoms with van der Waals surface area (Å²) in [5, 5.41) is 27.0. The molecule has 0 amide bonds. The Labute approximate surface area is 168 Å². The molecule has 144 valence electrons. The number of nitro benzene ring substituents is 1. The molecule has 0 aliphatic rings. The fourth-order valence-corrected chi connectivity index (χ4v) is 4.02. The van der Waals surface area contributed by atoms with Crippen LogP contribution < -0.4 is 10.7 Å². The standard InChI is InChI=1S/C20H14N4O4S/c1-12-17(14-5-3-2-4-6-14)18-19(29-12)21-11-23(20(18)26)22-10-13-7-8-16(25)15(9-13)24(27)28/h2-11,25H,1H3/p-1/b22-10-. The van der Waals surface area contributed by atoms with E-state index < -0.39 is 16.4 Å². The topological polar surface area (TPSA) is 113 Å². The summed E-state index contributed by atoms with van der Waals surface area (Å²) in [6.07, 6.45) is 2.59. The molecule has 0 fully saturated rings. The van der Waals surface area contributed by atoms with Gasteiger partial charge in [-0.05, 0) is 18.2 Å². The van der Waals surface area contributed by atoms with Crippen molar-refractivity contribution in [3.8, 4) is 16.9 Å². The van der Waals surface area contributed by atoms with E-state index in [2.05, 4.69) is 10.1 Å². The van der Waals surface area contributed by atoms with E-state index in [9.17, 15) is 20.0 Å². The van der Waals surface area contributed by atoms with E-state index in [1.807, 2.05) is 37.3 Å². The van der Waals surface area contributed by atoms with E-state index >= 15 is 0 Å². The zero-order chi connectivity index (χ0) is 20.5. The molecule has 2 aromatic carbocycles. The first kappa shape index (κ1) is 18.5. The van der Waals surface area contributed by atoms with Crippen LogP contribution in [0.1, 0.15) is 10.4 Å². The van der Waals surface area contributed by atoms with Crippen molar-refractivity contribution in [3.05, 3.63) is 85.8 Å². The normalized spacial score (nSPS) is 11.3. The minimum Gasteiger partial charge on any atom is -0.868 e. The number of thiophene rings is 1. The Morgan fingerprint density at radius 1 is 1.21 bits per heavy atom. The van der Waals surface area contributed by atoms with Crippen molar-refractivity contribution in [2.24, 2.45) is 5.10 Å². The van der Waals surface area contributed by atoms with Crippen LogP contribution in [-0.4, -0.2) is 20.8 Å². The second-order valence-electron chi connectivity index (χ2n) is 6.20. The highest BCUT2D eigenvalue weighted by molar-refractivity contribution is 7.19. The van der Waals surface area contributed by atoms with Gasteiger partial charge in [-0.2, -0.15) is 9.78 Å². The molecule has 0 radical (unpaired) electrons. The molecule has 4 aromatic rings. The molecule has 0 atom stereocenters. The van der Waals surface area contributed by atoms with Crippen molar-refractivity contribution in [2.45, 2.75) is 6.92 Å². The summed E-state index contributed by atoms with van der Waals surface area (Å²) in [5.41, 5.74) is 1.17. The summed E-state index contributed by atoms with van der Waals surface area (Å²) in [4.78, 5) is 29.1. The number of benzene rings is 2. The van der Waals surface area contributed by atoms with Gasteiger partial charge in [0.05, 0.1) is 16.5 Å². The predicted molar refractivity (Wildman–Crippen MR) is 110 cm³/mol. The number of rotatable bonds is 4. The average molecular weight is 405 g/mol. The van der Waals surface area contributed by atoms with Crippen LogP contribution >= 0.6 is 11.3 Å². The molecule has 0 saturated carbocycles. The molecule has 0 bridgehead atoms. The minimum absolute atomic E-state index is 0.327. The summed E-state index contributed by atoms with van der Waals surface area (Å²) in [6.45, 7) is 1.94. The van der Waals surface area contributed by atoms with Crippen LogP contribution in [0.5, 0.6) is 5.75 Å². The number of aromatic nitrogens is 2. The number of nitro groups is 1. The maximum atomic E-state index is 13.0. The Kier molecular flexibility index (Phi) is 4.65. The van der Waals surface area contributed by atoms with E-state index in [4.69, 9.17) is 0 Å². The Morgan fingerprint density at radius 3 is 2.69 bits per heavy atom. The fraction of sp³-hybridized carbons (Fsp3) is 0.0500. The van der Waals surface area contributed by atoms with Crippen LogP contribution in [0.2, 0.25) is 0 Å². The fourth-order valence-electron chi connectivity index (χ4n) is 3.01. The van der Waals surface area contributed by atoms with Crippen molar-refractivity contribution >= 4 is 33.5 Å². The minimum atomic E-state index is -0.750. The second-order valence-corrected chi connectivity index (χ2v) is 7.41. The number of nitrogens with zero attached hydrogens (tertiary/aromatic N) is 4. The quantitative estimate of drug-likeness (QED) is 0.294. The third-order valence-corrected chi connectivity index (χ3v) is 5.36. The molecule has 2 heterocycles. The smallest absolute Gasteiger partial charge is 0.283 e. The lowest BCUT2D eigenvalue weighted by atomic mass is 10.0. The van der Waals surface area contributed by atoms with Crippen LogP contribution in [0, 0.1) is 17.0 Å². The molecule has 4 rings (SSSR count). The molecule has 0 unspecified atom stereocenters.